The van der Waals surface area contributed by atoms with Gasteiger partial charge in [-0.1, -0.05) is 0 Å². The van der Waals surface area contributed by atoms with E-state index in [1.807, 2.05) is 4.90 Å². The fourth-order valence-electron chi connectivity index (χ4n) is 3.03. The van der Waals surface area contributed by atoms with E-state index in [2.05, 4.69) is 0 Å². The third-order valence-corrected chi connectivity index (χ3v) is 4.63. The second-order valence-electron chi connectivity index (χ2n) is 6.59. The number of carbonyl (C=O) groups excluding carboxylic acids is 1. The van der Waals surface area contributed by atoms with Crippen molar-refractivity contribution < 1.29 is 23.6 Å². The van der Waals surface area contributed by atoms with Crippen LogP contribution in [0.4, 0.5) is 15.8 Å². The Morgan fingerprint density at radius 3 is 2.59 bits per heavy atom. The van der Waals surface area contributed by atoms with E-state index in [9.17, 15) is 19.3 Å². The lowest BCUT2D eigenvalue weighted by Gasteiger charge is -2.28. The zero-order valence-electron chi connectivity index (χ0n) is 16.0. The van der Waals surface area contributed by atoms with E-state index in [1.165, 1.54) is 35.2 Å². The zero-order chi connectivity index (χ0) is 20.8. The van der Waals surface area contributed by atoms with Crippen LogP contribution in [0, 0.1) is 15.9 Å². The number of hydrogen-bond donors (Lipinski definition) is 0. The number of nitro groups is 1. The second-order valence-corrected chi connectivity index (χ2v) is 6.59. The number of rotatable bonds is 7. The van der Waals surface area contributed by atoms with Gasteiger partial charge in [-0.2, -0.15) is 0 Å². The molecule has 0 bridgehead atoms. The minimum atomic E-state index is -0.473. The lowest BCUT2D eigenvalue weighted by atomic mass is 10.1. The number of nitro benzene ring substituents is 1. The number of carbonyl (C=O) groups is 1. The predicted molar refractivity (Wildman–Crippen MR) is 105 cm³/mol. The molecule has 0 N–H and O–H groups in total. The normalized spacial score (nSPS) is 13.8. The molecule has 0 aromatic heterocycles. The van der Waals surface area contributed by atoms with Gasteiger partial charge in [0.15, 0.2) is 0 Å². The van der Waals surface area contributed by atoms with Gasteiger partial charge in [0.2, 0.25) is 0 Å². The number of likely N-dealkylation sites (N-methyl/N-ethyl adjacent to an activating group) is 1. The Labute approximate surface area is 167 Å². The molecule has 1 saturated heterocycles. The summed E-state index contributed by atoms with van der Waals surface area (Å²) in [6.07, 6.45) is 0. The summed E-state index contributed by atoms with van der Waals surface area (Å²) >= 11 is 0. The molecular formula is C20H22FN3O5. The van der Waals surface area contributed by atoms with E-state index in [-0.39, 0.29) is 36.1 Å². The van der Waals surface area contributed by atoms with Crippen LogP contribution in [0.5, 0.6) is 5.75 Å². The first-order valence-electron chi connectivity index (χ1n) is 9.20. The molecule has 1 fully saturated rings. The molecule has 154 valence electrons. The van der Waals surface area contributed by atoms with Crippen LogP contribution in [0.2, 0.25) is 0 Å². The van der Waals surface area contributed by atoms with Crippen LogP contribution in [0.25, 0.3) is 0 Å². The lowest BCUT2D eigenvalue weighted by molar-refractivity contribution is -0.384. The van der Waals surface area contributed by atoms with Gasteiger partial charge in [0.1, 0.15) is 23.9 Å². The maximum absolute atomic E-state index is 12.9. The molecular weight excluding hydrogens is 381 g/mol. The molecule has 1 aliphatic heterocycles. The summed E-state index contributed by atoms with van der Waals surface area (Å²) < 4.78 is 23.7. The van der Waals surface area contributed by atoms with Crippen LogP contribution in [-0.2, 0) is 4.74 Å². The highest BCUT2D eigenvalue weighted by Gasteiger charge is 2.24. The first-order valence-corrected chi connectivity index (χ1v) is 9.20. The number of halogens is 1. The summed E-state index contributed by atoms with van der Waals surface area (Å²) in [6, 6.07) is 10.1. The Kier molecular flexibility index (Phi) is 6.61. The quantitative estimate of drug-likeness (QED) is 0.522. The highest BCUT2D eigenvalue weighted by Crippen LogP contribution is 2.30. The van der Waals surface area contributed by atoms with Crippen LogP contribution in [-0.4, -0.2) is 62.2 Å². The molecule has 0 unspecified atom stereocenters. The third-order valence-electron chi connectivity index (χ3n) is 4.63. The molecule has 0 aliphatic carbocycles. The minimum Gasteiger partial charge on any atom is -0.492 e. The smallest absolute Gasteiger partial charge is 0.293 e. The van der Waals surface area contributed by atoms with Crippen LogP contribution in [0.15, 0.2) is 42.5 Å². The van der Waals surface area contributed by atoms with Gasteiger partial charge in [-0.15, -0.1) is 0 Å². The van der Waals surface area contributed by atoms with E-state index in [0.29, 0.717) is 37.7 Å². The molecule has 29 heavy (non-hydrogen) atoms. The lowest BCUT2D eigenvalue weighted by Crippen LogP contribution is -2.36. The Bertz CT molecular complexity index is 869. The molecule has 9 heteroatoms. The molecule has 0 spiro atoms. The average Bonchev–Trinajstić information content (AvgIpc) is 2.74. The number of benzene rings is 2. The Balaban J connectivity index is 1.65. The SMILES string of the molecule is CN(CCOc1ccc(F)cc1)C(=O)c1ccc(N2CCOCC2)c([N+](=O)[O-])c1. The van der Waals surface area contributed by atoms with E-state index in [0.717, 1.165) is 0 Å². The maximum atomic E-state index is 12.9. The maximum Gasteiger partial charge on any atom is 0.293 e. The van der Waals surface area contributed by atoms with Crippen molar-refractivity contribution in [3.63, 3.8) is 0 Å². The van der Waals surface area contributed by atoms with Crippen molar-refractivity contribution in [3.05, 3.63) is 64.0 Å². The number of ether oxygens (including phenoxy) is 2. The first-order chi connectivity index (χ1) is 14.0. The molecule has 2 aromatic carbocycles. The average molecular weight is 403 g/mol. The van der Waals surface area contributed by atoms with Crippen LogP contribution < -0.4 is 9.64 Å². The van der Waals surface area contributed by atoms with Crippen LogP contribution >= 0.6 is 0 Å². The van der Waals surface area contributed by atoms with Crippen LogP contribution in [0.3, 0.4) is 0 Å². The number of hydrogen-bond acceptors (Lipinski definition) is 6. The highest BCUT2D eigenvalue weighted by atomic mass is 19.1. The van der Waals surface area contributed by atoms with Gasteiger partial charge >= 0.3 is 0 Å². The summed E-state index contributed by atoms with van der Waals surface area (Å²) in [7, 11) is 1.60. The fraction of sp³-hybridized carbons (Fsp3) is 0.350. The summed E-state index contributed by atoms with van der Waals surface area (Å²) in [5.74, 6) is -0.200. The van der Waals surface area contributed by atoms with Crippen molar-refractivity contribution >= 4 is 17.3 Å². The Morgan fingerprint density at radius 2 is 1.93 bits per heavy atom. The minimum absolute atomic E-state index is 0.103. The molecule has 8 nitrogen and oxygen atoms in total. The largest absolute Gasteiger partial charge is 0.492 e. The van der Waals surface area contributed by atoms with Crippen molar-refractivity contribution in [2.24, 2.45) is 0 Å². The fourth-order valence-corrected chi connectivity index (χ4v) is 3.03. The molecule has 3 rings (SSSR count). The standard InChI is InChI=1S/C20H22FN3O5/c1-22(8-13-29-17-5-3-16(21)4-6-17)20(25)15-2-7-18(19(14-15)24(26)27)23-9-11-28-12-10-23/h2-7,14H,8-13H2,1H3. The van der Waals surface area contributed by atoms with E-state index in [4.69, 9.17) is 9.47 Å². The molecule has 1 aliphatic rings. The van der Waals surface area contributed by atoms with Crippen molar-refractivity contribution in [2.45, 2.75) is 0 Å². The number of nitrogens with zero attached hydrogens (tertiary/aromatic N) is 3. The van der Waals surface area contributed by atoms with Gasteiger partial charge in [-0.25, -0.2) is 4.39 Å². The summed E-state index contributed by atoms with van der Waals surface area (Å²) in [5, 5.41) is 11.5. The molecule has 0 radical (unpaired) electrons. The predicted octanol–water partition coefficient (Wildman–Crippen LogP) is 2.72. The van der Waals surface area contributed by atoms with Crippen molar-refractivity contribution in [3.8, 4) is 5.75 Å². The van der Waals surface area contributed by atoms with Gasteiger partial charge < -0.3 is 19.3 Å². The third kappa shape index (κ3) is 5.20. The summed E-state index contributed by atoms with van der Waals surface area (Å²) in [4.78, 5) is 27.0. The number of anilines is 1. The monoisotopic (exact) mass is 403 g/mol. The Hall–Kier alpha value is -3.20. The van der Waals surface area contributed by atoms with Crippen molar-refractivity contribution in [2.75, 3.05) is 51.4 Å². The van der Waals surface area contributed by atoms with Gasteiger partial charge in [0.05, 0.1) is 24.7 Å². The molecule has 0 saturated carbocycles. The van der Waals surface area contributed by atoms with Gasteiger partial charge in [-0.05, 0) is 36.4 Å². The van der Waals surface area contributed by atoms with E-state index < -0.39 is 4.92 Å². The van der Waals surface area contributed by atoms with Crippen molar-refractivity contribution in [1.29, 1.82) is 0 Å². The number of morpholine rings is 1. The molecule has 0 atom stereocenters. The highest BCUT2D eigenvalue weighted by molar-refractivity contribution is 5.95. The van der Waals surface area contributed by atoms with Crippen molar-refractivity contribution in [1.82, 2.24) is 4.90 Å². The zero-order valence-corrected chi connectivity index (χ0v) is 16.0. The van der Waals surface area contributed by atoms with E-state index in [1.54, 1.807) is 19.2 Å². The molecule has 1 amide bonds. The first kappa shape index (κ1) is 20.5. The summed E-state index contributed by atoms with van der Waals surface area (Å²) in [6.45, 7) is 2.63. The molecule has 2 aromatic rings. The van der Waals surface area contributed by atoms with Crippen LogP contribution in [0.1, 0.15) is 10.4 Å². The Morgan fingerprint density at radius 1 is 1.24 bits per heavy atom. The van der Waals surface area contributed by atoms with Gasteiger partial charge in [0.25, 0.3) is 11.6 Å². The molecule has 1 heterocycles. The van der Waals surface area contributed by atoms with E-state index >= 15 is 0 Å². The van der Waals surface area contributed by atoms with Gasteiger partial charge in [0, 0.05) is 31.8 Å². The van der Waals surface area contributed by atoms with Gasteiger partial charge in [-0.3, -0.25) is 14.9 Å². The summed E-state index contributed by atoms with van der Waals surface area (Å²) in [5.41, 5.74) is 0.615. The topological polar surface area (TPSA) is 85.2 Å². The number of amides is 1. The second kappa shape index (κ2) is 9.33.